The number of hydrogen-bond donors (Lipinski definition) is 1. The molecule has 3 heterocycles. The average Bonchev–Trinajstić information content (AvgIpc) is 3.11. The quantitative estimate of drug-likeness (QED) is 0.777. The third-order valence-corrected chi connectivity index (χ3v) is 3.84. The molecule has 3 aromatic heterocycles. The Bertz CT molecular complexity index is 802. The monoisotopic (exact) mass is 304 g/mol. The number of imidazole rings is 1. The summed E-state index contributed by atoms with van der Waals surface area (Å²) < 4.78 is 3.28. The molecule has 0 aliphatic carbocycles. The minimum atomic E-state index is -1.13. The zero-order valence-electron chi connectivity index (χ0n) is 11.4. The van der Waals surface area contributed by atoms with Crippen LogP contribution in [-0.2, 0) is 13.6 Å². The van der Waals surface area contributed by atoms with Gasteiger partial charge in [-0.25, -0.2) is 19.4 Å². The first-order valence-electron chi connectivity index (χ1n) is 6.12. The third-order valence-electron chi connectivity index (χ3n) is 2.95. The maximum absolute atomic E-state index is 11.3. The molecular weight excluding hydrogens is 292 g/mol. The number of thiazole rings is 1. The van der Waals surface area contributed by atoms with Crippen molar-refractivity contribution in [3.8, 4) is 11.5 Å². The van der Waals surface area contributed by atoms with Gasteiger partial charge in [-0.15, -0.1) is 16.4 Å². The largest absolute Gasteiger partial charge is 0.476 e. The van der Waals surface area contributed by atoms with Gasteiger partial charge in [-0.3, -0.25) is 0 Å². The highest BCUT2D eigenvalue weighted by atomic mass is 32.1. The van der Waals surface area contributed by atoms with Crippen LogP contribution in [0, 0.1) is 6.92 Å². The molecule has 0 atom stereocenters. The summed E-state index contributed by atoms with van der Waals surface area (Å²) in [5.41, 5.74) is 0.284. The minimum absolute atomic E-state index is 0.106. The second-order valence-electron chi connectivity index (χ2n) is 4.46. The number of aromatic carboxylic acids is 1. The van der Waals surface area contributed by atoms with Crippen LogP contribution >= 0.6 is 11.3 Å². The predicted octanol–water partition coefficient (Wildman–Crippen LogP) is 1.19. The van der Waals surface area contributed by atoms with E-state index in [1.807, 2.05) is 6.92 Å². The maximum Gasteiger partial charge on any atom is 0.358 e. The molecule has 0 bridgehead atoms. The Hall–Kier alpha value is -2.55. The van der Waals surface area contributed by atoms with E-state index in [4.69, 9.17) is 0 Å². The first-order chi connectivity index (χ1) is 10.1. The normalized spacial score (nSPS) is 11.0. The van der Waals surface area contributed by atoms with Crippen LogP contribution in [0.25, 0.3) is 11.5 Å². The van der Waals surface area contributed by atoms with E-state index in [0.29, 0.717) is 18.1 Å². The zero-order chi connectivity index (χ0) is 15.0. The Kier molecular flexibility index (Phi) is 3.26. The summed E-state index contributed by atoms with van der Waals surface area (Å²) >= 11 is 1.54. The van der Waals surface area contributed by atoms with Crippen LogP contribution in [0.4, 0.5) is 0 Å². The molecule has 0 spiro atoms. The molecule has 0 radical (unpaired) electrons. The zero-order valence-corrected chi connectivity index (χ0v) is 12.2. The summed E-state index contributed by atoms with van der Waals surface area (Å²) in [7, 11) is 1.79. The van der Waals surface area contributed by atoms with Gasteiger partial charge >= 0.3 is 5.97 Å². The number of aromatic nitrogens is 6. The van der Waals surface area contributed by atoms with Crippen molar-refractivity contribution in [1.29, 1.82) is 0 Å². The summed E-state index contributed by atoms with van der Waals surface area (Å²) in [5, 5.41) is 17.9. The van der Waals surface area contributed by atoms with Gasteiger partial charge in [0.05, 0.1) is 11.6 Å². The lowest BCUT2D eigenvalue weighted by atomic mass is 10.3. The van der Waals surface area contributed by atoms with E-state index in [1.165, 1.54) is 11.3 Å². The van der Waals surface area contributed by atoms with E-state index in [-0.39, 0.29) is 5.69 Å². The lowest BCUT2D eigenvalue weighted by Crippen LogP contribution is -2.08. The smallest absolute Gasteiger partial charge is 0.358 e. The SMILES string of the molecule is Cc1ncc(Cn2nnc(C(=O)O)c2-c2nccn2C)s1. The fourth-order valence-electron chi connectivity index (χ4n) is 2.01. The Morgan fingerprint density at radius 1 is 1.43 bits per heavy atom. The lowest BCUT2D eigenvalue weighted by molar-refractivity contribution is 0.0691. The van der Waals surface area contributed by atoms with E-state index in [2.05, 4.69) is 20.3 Å². The van der Waals surface area contributed by atoms with Gasteiger partial charge < -0.3 is 9.67 Å². The molecule has 0 aromatic carbocycles. The van der Waals surface area contributed by atoms with E-state index in [1.54, 1.807) is 34.9 Å². The van der Waals surface area contributed by atoms with Crippen molar-refractivity contribution in [1.82, 2.24) is 29.5 Å². The van der Waals surface area contributed by atoms with Crippen LogP contribution in [0.1, 0.15) is 20.4 Å². The number of aryl methyl sites for hydroxylation is 2. The van der Waals surface area contributed by atoms with E-state index >= 15 is 0 Å². The number of carboxylic acids is 1. The number of carbonyl (C=O) groups is 1. The van der Waals surface area contributed by atoms with Gasteiger partial charge in [0.1, 0.15) is 5.69 Å². The average molecular weight is 304 g/mol. The van der Waals surface area contributed by atoms with Crippen molar-refractivity contribution < 1.29 is 9.90 Å². The molecule has 1 N–H and O–H groups in total. The van der Waals surface area contributed by atoms with E-state index in [9.17, 15) is 9.90 Å². The number of carboxylic acid groups (broad SMARTS) is 1. The maximum atomic E-state index is 11.3. The van der Waals surface area contributed by atoms with Crippen molar-refractivity contribution in [2.45, 2.75) is 13.5 Å². The molecule has 0 unspecified atom stereocenters. The molecule has 0 saturated carbocycles. The summed E-state index contributed by atoms with van der Waals surface area (Å²) in [6.45, 7) is 2.33. The minimum Gasteiger partial charge on any atom is -0.476 e. The summed E-state index contributed by atoms with van der Waals surface area (Å²) in [6.07, 6.45) is 5.11. The summed E-state index contributed by atoms with van der Waals surface area (Å²) in [5.74, 6) is -0.613. The standard InChI is InChI=1S/C12H12N6O2S/c1-7-14-5-8(21-7)6-18-10(9(12(19)20)15-16-18)11-13-3-4-17(11)2/h3-5H,6H2,1-2H3,(H,19,20). The van der Waals surface area contributed by atoms with Gasteiger partial charge in [0, 0.05) is 30.5 Å². The van der Waals surface area contributed by atoms with Crippen molar-refractivity contribution >= 4 is 17.3 Å². The molecule has 3 rings (SSSR count). The van der Waals surface area contributed by atoms with E-state index < -0.39 is 5.97 Å². The fraction of sp³-hybridized carbons (Fsp3) is 0.250. The second kappa shape index (κ2) is 5.09. The Balaban J connectivity index is 2.09. The molecule has 0 aliphatic heterocycles. The summed E-state index contributed by atoms with van der Waals surface area (Å²) in [4.78, 5) is 20.7. The molecule has 108 valence electrons. The van der Waals surface area contributed by atoms with Crippen molar-refractivity contribution in [3.05, 3.63) is 34.2 Å². The van der Waals surface area contributed by atoms with Gasteiger partial charge in [-0.1, -0.05) is 5.21 Å². The number of hydrogen-bond acceptors (Lipinski definition) is 6. The second-order valence-corrected chi connectivity index (χ2v) is 5.78. The van der Waals surface area contributed by atoms with Crippen LogP contribution in [0.2, 0.25) is 0 Å². The molecule has 3 aromatic rings. The Morgan fingerprint density at radius 3 is 2.81 bits per heavy atom. The molecule has 0 fully saturated rings. The Morgan fingerprint density at radius 2 is 2.24 bits per heavy atom. The van der Waals surface area contributed by atoms with Gasteiger partial charge in [0.15, 0.2) is 5.82 Å². The fourth-order valence-corrected chi connectivity index (χ4v) is 2.79. The summed E-state index contributed by atoms with van der Waals surface area (Å²) in [6, 6.07) is 0. The van der Waals surface area contributed by atoms with Crippen LogP contribution < -0.4 is 0 Å². The van der Waals surface area contributed by atoms with Crippen molar-refractivity contribution in [2.75, 3.05) is 0 Å². The molecular formula is C12H12N6O2S. The molecule has 0 amide bonds. The molecule has 8 nitrogen and oxygen atoms in total. The lowest BCUT2D eigenvalue weighted by Gasteiger charge is -2.05. The van der Waals surface area contributed by atoms with Gasteiger partial charge in [0.25, 0.3) is 0 Å². The van der Waals surface area contributed by atoms with Crippen LogP contribution in [0.15, 0.2) is 18.6 Å². The number of nitrogens with zero attached hydrogens (tertiary/aromatic N) is 6. The molecule has 21 heavy (non-hydrogen) atoms. The van der Waals surface area contributed by atoms with E-state index in [0.717, 1.165) is 9.88 Å². The molecule has 0 aliphatic rings. The third kappa shape index (κ3) is 2.42. The molecule has 0 saturated heterocycles. The predicted molar refractivity (Wildman–Crippen MR) is 75.1 cm³/mol. The number of rotatable bonds is 4. The topological polar surface area (TPSA) is 98.7 Å². The molecule has 9 heteroatoms. The Labute approximate surface area is 123 Å². The van der Waals surface area contributed by atoms with Crippen LogP contribution in [0.5, 0.6) is 0 Å². The van der Waals surface area contributed by atoms with Gasteiger partial charge in [-0.05, 0) is 6.92 Å². The van der Waals surface area contributed by atoms with Crippen molar-refractivity contribution in [2.24, 2.45) is 7.05 Å². The highest BCUT2D eigenvalue weighted by Gasteiger charge is 2.23. The van der Waals surface area contributed by atoms with Gasteiger partial charge in [0.2, 0.25) is 5.69 Å². The first-order valence-corrected chi connectivity index (χ1v) is 6.93. The van der Waals surface area contributed by atoms with Gasteiger partial charge in [-0.2, -0.15) is 0 Å². The highest BCUT2D eigenvalue weighted by molar-refractivity contribution is 7.11. The van der Waals surface area contributed by atoms with Crippen molar-refractivity contribution in [3.63, 3.8) is 0 Å². The highest BCUT2D eigenvalue weighted by Crippen LogP contribution is 2.22. The van der Waals surface area contributed by atoms with Crippen LogP contribution in [0.3, 0.4) is 0 Å². The van der Waals surface area contributed by atoms with Crippen LogP contribution in [-0.4, -0.2) is 40.6 Å². The first kappa shape index (κ1) is 13.4.